The Morgan fingerprint density at radius 1 is 1.22 bits per heavy atom. The van der Waals surface area contributed by atoms with Crippen molar-refractivity contribution in [1.82, 2.24) is 0 Å². The molecule has 0 aromatic heterocycles. The van der Waals surface area contributed by atoms with Gasteiger partial charge in [0.25, 0.3) is 10.1 Å². The molecule has 0 aliphatic heterocycles. The molecule has 9 heavy (non-hydrogen) atoms. The van der Waals surface area contributed by atoms with E-state index < -0.39 is 10.1 Å². The molecular weight excluding hydrogens is 156 g/mol. The minimum atomic E-state index is -3.67. The molecule has 1 N–H and O–H groups in total. The standard InChI is InChI=1S/CH4O3S.3FH.Li.H/c1-5(2,3)4;;;;;/h1H3,(H,2,3,4);3*1H;;/q;;;;+1;-1. The largest absolute Gasteiger partial charge is 1.00 e. The molecular formula is CH8F3LiO3S. The van der Waals surface area contributed by atoms with Gasteiger partial charge in [0.2, 0.25) is 0 Å². The molecule has 8 heteroatoms. The first-order valence-corrected chi connectivity index (χ1v) is 2.77. The summed E-state index contributed by atoms with van der Waals surface area (Å²) >= 11 is 0. The summed E-state index contributed by atoms with van der Waals surface area (Å²) in [6.45, 7) is 0. The molecule has 0 saturated carbocycles. The van der Waals surface area contributed by atoms with Crippen molar-refractivity contribution in [2.75, 3.05) is 6.26 Å². The van der Waals surface area contributed by atoms with Crippen LogP contribution < -0.4 is 18.9 Å². The van der Waals surface area contributed by atoms with Crippen LogP contribution in [0.25, 0.3) is 0 Å². The molecule has 0 fully saturated rings. The van der Waals surface area contributed by atoms with Crippen LogP contribution >= 0.6 is 0 Å². The second-order valence-electron chi connectivity index (χ2n) is 0.733. The third-order valence-corrected chi connectivity index (χ3v) is 0. The van der Waals surface area contributed by atoms with Gasteiger partial charge in [0, 0.05) is 0 Å². The van der Waals surface area contributed by atoms with Crippen molar-refractivity contribution in [3.8, 4) is 0 Å². The zero-order valence-corrected chi connectivity index (χ0v) is 5.71. The Morgan fingerprint density at radius 3 is 1.22 bits per heavy atom. The van der Waals surface area contributed by atoms with Gasteiger partial charge < -0.3 is 1.43 Å². The number of hydrogen-bond donors (Lipinski definition) is 1. The zero-order chi connectivity index (χ0) is 4.50. The van der Waals surface area contributed by atoms with Crippen LogP contribution in [0.3, 0.4) is 0 Å². The second-order valence-corrected chi connectivity index (χ2v) is 2.20. The van der Waals surface area contributed by atoms with Gasteiger partial charge >= 0.3 is 18.9 Å². The van der Waals surface area contributed by atoms with Gasteiger partial charge in [0.05, 0.1) is 6.26 Å². The average Bonchev–Trinajstić information content (AvgIpc) is 0.722. The van der Waals surface area contributed by atoms with E-state index in [2.05, 4.69) is 0 Å². The number of rotatable bonds is 0. The van der Waals surface area contributed by atoms with Crippen molar-refractivity contribution in [1.29, 1.82) is 0 Å². The molecule has 0 bridgehead atoms. The molecule has 0 radical (unpaired) electrons. The maximum atomic E-state index is 9.19. The van der Waals surface area contributed by atoms with E-state index in [9.17, 15) is 8.42 Å². The first kappa shape index (κ1) is 34.7. The third-order valence-electron chi connectivity index (χ3n) is 0. The van der Waals surface area contributed by atoms with E-state index in [1.807, 2.05) is 0 Å². The van der Waals surface area contributed by atoms with E-state index >= 15 is 0 Å². The van der Waals surface area contributed by atoms with Crippen LogP contribution in [0, 0.1) is 0 Å². The van der Waals surface area contributed by atoms with Gasteiger partial charge in [-0.25, -0.2) is 0 Å². The van der Waals surface area contributed by atoms with Crippen LogP contribution in [0.15, 0.2) is 0 Å². The molecule has 0 aliphatic rings. The molecule has 0 atom stereocenters. The summed E-state index contributed by atoms with van der Waals surface area (Å²) in [5.41, 5.74) is 0. The molecule has 0 saturated heterocycles. The minimum absolute atomic E-state index is 0. The van der Waals surface area contributed by atoms with Crippen molar-refractivity contribution in [2.45, 2.75) is 0 Å². The first-order valence-electron chi connectivity index (χ1n) is 0.924. The molecule has 58 valence electrons. The Kier molecular flexibility index (Phi) is 42.9. The van der Waals surface area contributed by atoms with E-state index in [4.69, 9.17) is 4.55 Å². The SMILES string of the molecule is CS(=O)(=O)O.F.F.F.[H-].[Li+]. The predicted octanol–water partition coefficient (Wildman–Crippen LogP) is -2.92. The van der Waals surface area contributed by atoms with E-state index in [0.717, 1.165) is 0 Å². The van der Waals surface area contributed by atoms with Crippen molar-refractivity contribution in [3.63, 3.8) is 0 Å². The first-order chi connectivity index (χ1) is 2.00. The van der Waals surface area contributed by atoms with E-state index in [1.54, 1.807) is 0 Å². The summed E-state index contributed by atoms with van der Waals surface area (Å²) < 4.78 is 25.9. The Morgan fingerprint density at radius 2 is 1.22 bits per heavy atom. The monoisotopic (exact) mass is 164 g/mol. The summed E-state index contributed by atoms with van der Waals surface area (Å²) in [7, 11) is -3.67. The zero-order valence-electron chi connectivity index (χ0n) is 5.90. The molecule has 0 rings (SSSR count). The van der Waals surface area contributed by atoms with Gasteiger partial charge in [-0.15, -0.1) is 0 Å². The summed E-state index contributed by atoms with van der Waals surface area (Å²) in [6, 6.07) is 0. The number of halogens is 3. The summed E-state index contributed by atoms with van der Waals surface area (Å²) in [5, 5.41) is 0. The molecule has 0 aromatic rings. The summed E-state index contributed by atoms with van der Waals surface area (Å²) in [4.78, 5) is 0. The van der Waals surface area contributed by atoms with Crippen LogP contribution in [0.1, 0.15) is 1.43 Å². The molecule has 0 heterocycles. The van der Waals surface area contributed by atoms with Gasteiger partial charge in [-0.05, 0) is 0 Å². The average molecular weight is 164 g/mol. The van der Waals surface area contributed by atoms with Gasteiger partial charge in [-0.1, -0.05) is 0 Å². The Bertz CT molecular complexity index is 107. The summed E-state index contributed by atoms with van der Waals surface area (Å²) in [6.07, 6.45) is 0.715. The molecule has 0 unspecified atom stereocenters. The van der Waals surface area contributed by atoms with E-state index in [0.29, 0.717) is 6.26 Å². The van der Waals surface area contributed by atoms with Crippen molar-refractivity contribution in [2.24, 2.45) is 0 Å². The minimum Gasteiger partial charge on any atom is -1.00 e. The Hall–Kier alpha value is 0.297. The fourth-order valence-electron chi connectivity index (χ4n) is 0. The molecule has 3 nitrogen and oxygen atoms in total. The summed E-state index contributed by atoms with van der Waals surface area (Å²) in [5.74, 6) is 0. The van der Waals surface area contributed by atoms with Crippen LogP contribution in [-0.2, 0) is 10.1 Å². The quantitative estimate of drug-likeness (QED) is 0.308. The fraction of sp³-hybridized carbons (Fsp3) is 1.00. The molecule has 0 aromatic carbocycles. The molecule has 0 aliphatic carbocycles. The normalized spacial score (nSPS) is 6.44. The van der Waals surface area contributed by atoms with Gasteiger partial charge in [-0.2, -0.15) is 8.42 Å². The van der Waals surface area contributed by atoms with Gasteiger partial charge in [0.15, 0.2) is 0 Å². The third kappa shape index (κ3) is 3720. The topological polar surface area (TPSA) is 54.4 Å². The second kappa shape index (κ2) is 11.1. The van der Waals surface area contributed by atoms with Crippen LogP contribution in [0.2, 0.25) is 0 Å². The molecule has 0 spiro atoms. The van der Waals surface area contributed by atoms with E-state index in [-0.39, 0.29) is 34.4 Å². The van der Waals surface area contributed by atoms with Crippen LogP contribution in [0.5, 0.6) is 0 Å². The maximum absolute atomic E-state index is 9.19. The van der Waals surface area contributed by atoms with Crippen molar-refractivity contribution < 1.29 is 47.4 Å². The van der Waals surface area contributed by atoms with Gasteiger partial charge in [-0.3, -0.25) is 18.7 Å². The maximum Gasteiger partial charge on any atom is 1.00 e. The van der Waals surface area contributed by atoms with Gasteiger partial charge in [0.1, 0.15) is 0 Å². The van der Waals surface area contributed by atoms with Crippen molar-refractivity contribution in [3.05, 3.63) is 0 Å². The molecule has 0 amide bonds. The van der Waals surface area contributed by atoms with E-state index in [1.165, 1.54) is 0 Å². The van der Waals surface area contributed by atoms with Crippen LogP contribution in [0.4, 0.5) is 14.1 Å². The van der Waals surface area contributed by atoms with Crippen molar-refractivity contribution >= 4 is 10.1 Å². The predicted molar refractivity (Wildman–Crippen MR) is 26.1 cm³/mol. The Labute approximate surface area is 64.3 Å². The number of hydrogen-bond acceptors (Lipinski definition) is 2. The smallest absolute Gasteiger partial charge is 1.00 e. The van der Waals surface area contributed by atoms with Crippen LogP contribution in [-0.4, -0.2) is 19.2 Å². The Balaban J connectivity index is -0.00000000800. The fourth-order valence-corrected chi connectivity index (χ4v) is 0.